The number of rotatable bonds is 4. The number of aromatic hydroxyl groups is 1. The van der Waals surface area contributed by atoms with E-state index in [4.69, 9.17) is 4.98 Å². The lowest BCUT2D eigenvalue weighted by Gasteiger charge is -2.29. The summed E-state index contributed by atoms with van der Waals surface area (Å²) in [5.41, 5.74) is 1.95. The van der Waals surface area contributed by atoms with Crippen molar-refractivity contribution in [2.75, 3.05) is 6.54 Å². The fourth-order valence-corrected chi connectivity index (χ4v) is 4.28. The highest BCUT2D eigenvalue weighted by molar-refractivity contribution is 5.47. The summed E-state index contributed by atoms with van der Waals surface area (Å²) in [5, 5.41) is 20.6. The van der Waals surface area contributed by atoms with Gasteiger partial charge < -0.3 is 10.1 Å². The van der Waals surface area contributed by atoms with Crippen LogP contribution in [0.1, 0.15) is 60.7 Å². The molecule has 2 aromatic rings. The molecule has 0 unspecified atom stereocenters. The van der Waals surface area contributed by atoms with Gasteiger partial charge in [-0.3, -0.25) is 19.8 Å². The molecule has 28 heavy (non-hydrogen) atoms. The minimum Gasteiger partial charge on any atom is -0.502 e. The largest absolute Gasteiger partial charge is 0.502 e. The van der Waals surface area contributed by atoms with Crippen LogP contribution in [0.5, 0.6) is 5.75 Å². The number of aromatic nitrogens is 2. The van der Waals surface area contributed by atoms with Crippen LogP contribution in [-0.4, -0.2) is 31.4 Å². The number of nitrogens with zero attached hydrogens (tertiary/aromatic N) is 3. The van der Waals surface area contributed by atoms with Gasteiger partial charge in [0.25, 0.3) is 5.56 Å². The summed E-state index contributed by atoms with van der Waals surface area (Å²) in [6.07, 6.45) is 6.52. The number of hydrogen-bond donors (Lipinski definition) is 2. The Hall–Kier alpha value is -2.74. The maximum Gasteiger partial charge on any atom is 0.311 e. The Kier molecular flexibility index (Phi) is 5.13. The van der Waals surface area contributed by atoms with Crippen LogP contribution in [0.2, 0.25) is 0 Å². The van der Waals surface area contributed by atoms with E-state index in [1.165, 1.54) is 31.4 Å². The molecule has 0 radical (unpaired) electrons. The lowest BCUT2D eigenvalue weighted by Crippen LogP contribution is -2.36. The predicted molar refractivity (Wildman–Crippen MR) is 103 cm³/mol. The molecule has 0 spiro atoms. The third-order valence-corrected chi connectivity index (χ3v) is 5.80. The third kappa shape index (κ3) is 3.77. The monoisotopic (exact) mass is 384 g/mol. The van der Waals surface area contributed by atoms with Gasteiger partial charge in [-0.1, -0.05) is 25.3 Å². The van der Waals surface area contributed by atoms with E-state index in [1.807, 2.05) is 0 Å². The minimum absolute atomic E-state index is 0.0630. The van der Waals surface area contributed by atoms with Crippen molar-refractivity contribution in [2.45, 2.75) is 57.5 Å². The molecule has 1 aliphatic carbocycles. The summed E-state index contributed by atoms with van der Waals surface area (Å²) >= 11 is 0. The number of nitro benzene ring substituents is 1. The van der Waals surface area contributed by atoms with Crippen LogP contribution in [0.25, 0.3) is 0 Å². The molecule has 1 aliphatic heterocycles. The van der Waals surface area contributed by atoms with Gasteiger partial charge in [-0.25, -0.2) is 4.98 Å². The highest BCUT2D eigenvalue weighted by atomic mass is 16.6. The molecule has 1 aromatic carbocycles. The van der Waals surface area contributed by atoms with Crippen molar-refractivity contribution in [3.05, 3.63) is 61.3 Å². The van der Waals surface area contributed by atoms with Crippen molar-refractivity contribution in [1.29, 1.82) is 0 Å². The van der Waals surface area contributed by atoms with Crippen LogP contribution in [0.4, 0.5) is 5.69 Å². The Balaban J connectivity index is 1.51. The second-order valence-electron chi connectivity index (χ2n) is 7.75. The quantitative estimate of drug-likeness (QED) is 0.619. The van der Waals surface area contributed by atoms with Crippen molar-refractivity contribution in [3.8, 4) is 5.75 Å². The summed E-state index contributed by atoms with van der Waals surface area (Å²) in [6, 6.07) is 4.40. The topological polar surface area (TPSA) is 112 Å². The van der Waals surface area contributed by atoms with Crippen molar-refractivity contribution >= 4 is 5.69 Å². The zero-order chi connectivity index (χ0) is 19.7. The number of H-pyrrole nitrogens is 1. The van der Waals surface area contributed by atoms with Gasteiger partial charge in [-0.2, -0.15) is 0 Å². The van der Waals surface area contributed by atoms with Crippen molar-refractivity contribution < 1.29 is 10.0 Å². The lowest BCUT2D eigenvalue weighted by molar-refractivity contribution is -0.385. The molecule has 8 nitrogen and oxygen atoms in total. The predicted octanol–water partition coefficient (Wildman–Crippen LogP) is 2.99. The van der Waals surface area contributed by atoms with Crippen LogP contribution < -0.4 is 5.56 Å². The molecule has 8 heteroatoms. The Morgan fingerprint density at radius 1 is 1.29 bits per heavy atom. The van der Waals surface area contributed by atoms with Crippen molar-refractivity contribution in [1.82, 2.24) is 14.9 Å². The second kappa shape index (κ2) is 7.71. The first-order valence-corrected chi connectivity index (χ1v) is 9.82. The summed E-state index contributed by atoms with van der Waals surface area (Å²) < 4.78 is 0. The third-order valence-electron chi connectivity index (χ3n) is 5.80. The van der Waals surface area contributed by atoms with E-state index < -0.39 is 4.92 Å². The number of nitrogens with one attached hydrogen (secondary N) is 1. The molecule has 1 fully saturated rings. The average Bonchev–Trinajstić information content (AvgIpc) is 2.70. The fraction of sp³-hybridized carbons (Fsp3) is 0.500. The number of phenols is 1. The molecular weight excluding hydrogens is 360 g/mol. The Labute approximate surface area is 162 Å². The van der Waals surface area contributed by atoms with E-state index in [-0.39, 0.29) is 17.0 Å². The second-order valence-corrected chi connectivity index (χ2v) is 7.75. The van der Waals surface area contributed by atoms with E-state index in [9.17, 15) is 20.0 Å². The average molecular weight is 384 g/mol. The smallest absolute Gasteiger partial charge is 0.311 e. The Bertz CT molecular complexity index is 950. The van der Waals surface area contributed by atoms with Gasteiger partial charge in [0, 0.05) is 38.0 Å². The minimum atomic E-state index is -0.592. The van der Waals surface area contributed by atoms with E-state index in [0.717, 1.165) is 36.5 Å². The molecule has 148 valence electrons. The standard InChI is InChI=1S/C20H24N4O4/c25-18-7-6-13(10-17(18)24(27)28)11-23-9-8-16-15(12-23)20(26)22-19(21-16)14-4-2-1-3-5-14/h6-7,10,14,25H,1-5,8-9,11-12H2,(H,21,22,26). The number of nitro groups is 1. The van der Waals surface area contributed by atoms with Crippen molar-refractivity contribution in [3.63, 3.8) is 0 Å². The fourth-order valence-electron chi connectivity index (χ4n) is 4.28. The molecule has 0 amide bonds. The lowest BCUT2D eigenvalue weighted by atomic mass is 9.88. The van der Waals surface area contributed by atoms with Crippen LogP contribution in [0, 0.1) is 10.1 Å². The first-order valence-electron chi connectivity index (χ1n) is 9.82. The molecule has 0 saturated heterocycles. The summed E-state index contributed by atoms with van der Waals surface area (Å²) in [4.78, 5) is 33.0. The number of benzene rings is 1. The zero-order valence-corrected chi connectivity index (χ0v) is 15.7. The Morgan fingerprint density at radius 2 is 2.07 bits per heavy atom. The molecule has 4 rings (SSSR count). The van der Waals surface area contributed by atoms with Crippen LogP contribution in [-0.2, 0) is 19.5 Å². The first kappa shape index (κ1) is 18.6. The van der Waals surface area contributed by atoms with Crippen LogP contribution in [0.3, 0.4) is 0 Å². The van der Waals surface area contributed by atoms with Crippen LogP contribution in [0.15, 0.2) is 23.0 Å². The summed E-state index contributed by atoms with van der Waals surface area (Å²) in [7, 11) is 0. The Morgan fingerprint density at radius 3 is 2.82 bits per heavy atom. The van der Waals surface area contributed by atoms with E-state index >= 15 is 0 Å². The van der Waals surface area contributed by atoms with E-state index in [2.05, 4.69) is 9.88 Å². The van der Waals surface area contributed by atoms with Gasteiger partial charge >= 0.3 is 5.69 Å². The number of phenolic OH excluding ortho intramolecular Hbond substituents is 1. The van der Waals surface area contributed by atoms with Gasteiger partial charge in [0.15, 0.2) is 5.75 Å². The molecule has 2 aliphatic rings. The first-order chi connectivity index (χ1) is 13.5. The van der Waals surface area contributed by atoms with Gasteiger partial charge in [-0.15, -0.1) is 0 Å². The highest BCUT2D eigenvalue weighted by Gasteiger charge is 2.25. The van der Waals surface area contributed by atoms with Gasteiger partial charge in [-0.05, 0) is 24.5 Å². The van der Waals surface area contributed by atoms with Gasteiger partial charge in [0.05, 0.1) is 16.2 Å². The number of aromatic amines is 1. The maximum absolute atomic E-state index is 12.7. The molecule has 0 atom stereocenters. The van der Waals surface area contributed by atoms with Gasteiger partial charge in [0.2, 0.25) is 0 Å². The van der Waals surface area contributed by atoms with Crippen LogP contribution >= 0.6 is 0 Å². The highest BCUT2D eigenvalue weighted by Crippen LogP contribution is 2.31. The number of hydrogen-bond acceptors (Lipinski definition) is 6. The molecule has 1 saturated carbocycles. The molecule has 2 N–H and O–H groups in total. The maximum atomic E-state index is 12.7. The van der Waals surface area contributed by atoms with E-state index in [1.54, 1.807) is 6.07 Å². The van der Waals surface area contributed by atoms with Crippen molar-refractivity contribution in [2.24, 2.45) is 0 Å². The van der Waals surface area contributed by atoms with E-state index in [0.29, 0.717) is 31.0 Å². The number of fused-ring (bicyclic) bond motifs is 1. The summed E-state index contributed by atoms with van der Waals surface area (Å²) in [5.74, 6) is 0.863. The molecule has 1 aromatic heterocycles. The van der Waals surface area contributed by atoms with Gasteiger partial charge in [0.1, 0.15) is 5.82 Å². The SMILES string of the molecule is O=c1[nH]c(C2CCCCC2)nc2c1CN(Cc1ccc(O)c([N+](=O)[O-])c1)CC2. The normalized spacial score (nSPS) is 18.0. The zero-order valence-electron chi connectivity index (χ0n) is 15.7. The molecule has 0 bridgehead atoms. The summed E-state index contributed by atoms with van der Waals surface area (Å²) in [6.45, 7) is 1.68. The molecule has 2 heterocycles. The molecular formula is C20H24N4O4.